The lowest BCUT2D eigenvalue weighted by molar-refractivity contribution is -0.152. The summed E-state index contributed by atoms with van der Waals surface area (Å²) < 4.78 is 10.7. The van der Waals surface area contributed by atoms with Crippen LogP contribution >= 0.6 is 11.8 Å². The fraction of sp³-hybridized carbons (Fsp3) is 0.368. The number of nitriles is 1. The van der Waals surface area contributed by atoms with Crippen LogP contribution in [0.25, 0.3) is 0 Å². The number of primary amides is 1. The molecule has 28 heavy (non-hydrogen) atoms. The van der Waals surface area contributed by atoms with Crippen molar-refractivity contribution in [3.63, 3.8) is 0 Å². The number of benzene rings is 1. The second kappa shape index (κ2) is 9.80. The summed E-state index contributed by atoms with van der Waals surface area (Å²) in [7, 11) is 0. The summed E-state index contributed by atoms with van der Waals surface area (Å²) in [4.78, 5) is 36.5. The zero-order valence-corrected chi connectivity index (χ0v) is 16.4. The predicted octanol–water partition coefficient (Wildman–Crippen LogP) is 1.43. The van der Waals surface area contributed by atoms with Crippen molar-refractivity contribution in [3.8, 4) is 11.8 Å². The van der Waals surface area contributed by atoms with Gasteiger partial charge in [-0.3, -0.25) is 14.4 Å². The molecule has 8 nitrogen and oxygen atoms in total. The molecule has 2 amide bonds. The van der Waals surface area contributed by atoms with Crippen LogP contribution in [0.15, 0.2) is 34.9 Å². The van der Waals surface area contributed by atoms with E-state index in [4.69, 9.17) is 15.2 Å². The maximum Gasteiger partial charge on any atom is 0.319 e. The van der Waals surface area contributed by atoms with E-state index in [0.717, 1.165) is 11.8 Å². The summed E-state index contributed by atoms with van der Waals surface area (Å²) in [6.45, 7) is 3.91. The molecule has 0 fully saturated rings. The van der Waals surface area contributed by atoms with E-state index in [-0.39, 0.29) is 23.0 Å². The van der Waals surface area contributed by atoms with Crippen LogP contribution < -0.4 is 15.8 Å². The van der Waals surface area contributed by atoms with Crippen molar-refractivity contribution in [1.82, 2.24) is 5.32 Å². The number of hydrogen-bond donors (Lipinski definition) is 2. The Morgan fingerprint density at radius 1 is 1.29 bits per heavy atom. The Morgan fingerprint density at radius 2 is 2.00 bits per heavy atom. The summed E-state index contributed by atoms with van der Waals surface area (Å²) in [5.74, 6) is -3.76. The Morgan fingerprint density at radius 3 is 2.61 bits per heavy atom. The van der Waals surface area contributed by atoms with Crippen LogP contribution in [0.4, 0.5) is 0 Å². The van der Waals surface area contributed by atoms with E-state index in [2.05, 4.69) is 11.4 Å². The molecule has 0 saturated carbocycles. The number of hydrogen-bond acceptors (Lipinski definition) is 7. The molecule has 1 aromatic rings. The number of thioether (sulfide) groups is 1. The van der Waals surface area contributed by atoms with E-state index >= 15 is 0 Å². The number of ether oxygens (including phenoxy) is 2. The summed E-state index contributed by atoms with van der Waals surface area (Å²) >= 11 is 0.944. The highest BCUT2D eigenvalue weighted by Crippen LogP contribution is 2.43. The third-order valence-corrected chi connectivity index (χ3v) is 5.02. The van der Waals surface area contributed by atoms with Gasteiger partial charge in [0.05, 0.1) is 35.6 Å². The number of para-hydroxylation sites is 1. The van der Waals surface area contributed by atoms with Crippen molar-refractivity contribution in [3.05, 3.63) is 40.4 Å². The van der Waals surface area contributed by atoms with Gasteiger partial charge in [-0.05, 0) is 19.9 Å². The zero-order chi connectivity index (χ0) is 20.7. The quantitative estimate of drug-likeness (QED) is 0.496. The predicted molar refractivity (Wildman–Crippen MR) is 103 cm³/mol. The maximum absolute atomic E-state index is 12.8. The van der Waals surface area contributed by atoms with Crippen molar-refractivity contribution in [2.24, 2.45) is 11.7 Å². The molecule has 2 rings (SSSR count). The maximum atomic E-state index is 12.8. The number of nitrogens with one attached hydrogen (secondary N) is 1. The molecule has 0 spiro atoms. The molecule has 1 aliphatic rings. The van der Waals surface area contributed by atoms with Gasteiger partial charge >= 0.3 is 5.97 Å². The van der Waals surface area contributed by atoms with E-state index < -0.39 is 29.6 Å². The monoisotopic (exact) mass is 403 g/mol. The summed E-state index contributed by atoms with van der Waals surface area (Å²) in [5.41, 5.74) is 5.85. The smallest absolute Gasteiger partial charge is 0.319 e. The normalized spacial score (nSPS) is 18.8. The van der Waals surface area contributed by atoms with Gasteiger partial charge < -0.3 is 20.5 Å². The number of nitrogens with two attached hydrogens (primary N) is 1. The number of carbonyl (C=O) groups is 3. The Bertz CT molecular complexity index is 846. The molecule has 1 aromatic carbocycles. The lowest BCUT2D eigenvalue weighted by Gasteiger charge is -2.31. The molecule has 1 heterocycles. The molecule has 0 aromatic heterocycles. The van der Waals surface area contributed by atoms with Gasteiger partial charge in [-0.2, -0.15) is 5.26 Å². The summed E-state index contributed by atoms with van der Waals surface area (Å²) in [6.07, 6.45) is 0. The third-order valence-electron chi connectivity index (χ3n) is 3.98. The van der Waals surface area contributed by atoms with Crippen LogP contribution in [-0.2, 0) is 19.1 Å². The molecule has 0 saturated heterocycles. The van der Waals surface area contributed by atoms with E-state index in [1.54, 1.807) is 31.2 Å². The van der Waals surface area contributed by atoms with E-state index in [1.807, 2.05) is 6.92 Å². The van der Waals surface area contributed by atoms with Gasteiger partial charge in [0.2, 0.25) is 11.8 Å². The number of carbonyl (C=O) groups excluding carboxylic acids is 3. The minimum Gasteiger partial charge on any atom is -0.494 e. The van der Waals surface area contributed by atoms with Gasteiger partial charge in [-0.15, -0.1) is 0 Å². The van der Waals surface area contributed by atoms with Crippen molar-refractivity contribution >= 4 is 29.5 Å². The second-order valence-electron chi connectivity index (χ2n) is 5.78. The van der Waals surface area contributed by atoms with Gasteiger partial charge in [0.1, 0.15) is 11.7 Å². The van der Waals surface area contributed by atoms with Gasteiger partial charge in [-0.1, -0.05) is 30.0 Å². The molecule has 0 radical (unpaired) electrons. The first-order valence-corrected chi connectivity index (χ1v) is 9.67. The molecule has 9 heteroatoms. The molecular weight excluding hydrogens is 382 g/mol. The van der Waals surface area contributed by atoms with Gasteiger partial charge in [-0.25, -0.2) is 0 Å². The van der Waals surface area contributed by atoms with Crippen LogP contribution in [-0.4, -0.2) is 36.8 Å². The second-order valence-corrected chi connectivity index (χ2v) is 6.76. The Hall–Kier alpha value is -2.99. The van der Waals surface area contributed by atoms with Crippen molar-refractivity contribution < 1.29 is 23.9 Å². The standard InChI is InChI=1S/C19H21N3O5S/c1-3-26-13-8-6-5-7-11(13)15-12(9-20)18(28-10-14(21)23)22-17(24)16(15)19(25)27-4-2/h5-8,15-16H,3-4,10H2,1-2H3,(H2,21,23)(H,22,24)/t15-,16+/m0/s1. The van der Waals surface area contributed by atoms with Gasteiger partial charge in [0.25, 0.3) is 0 Å². The van der Waals surface area contributed by atoms with Crippen LogP contribution in [0.5, 0.6) is 5.75 Å². The molecule has 148 valence electrons. The Labute approximate surface area is 167 Å². The fourth-order valence-electron chi connectivity index (χ4n) is 2.93. The van der Waals surface area contributed by atoms with Crippen LogP contribution in [0.2, 0.25) is 0 Å². The zero-order valence-electron chi connectivity index (χ0n) is 15.6. The highest BCUT2D eigenvalue weighted by atomic mass is 32.2. The average molecular weight is 403 g/mol. The molecule has 1 aliphatic heterocycles. The summed E-state index contributed by atoms with van der Waals surface area (Å²) in [6, 6.07) is 8.97. The third kappa shape index (κ3) is 4.64. The van der Waals surface area contributed by atoms with Crippen LogP contribution in [0, 0.1) is 17.2 Å². The van der Waals surface area contributed by atoms with Crippen LogP contribution in [0.3, 0.4) is 0 Å². The lowest BCUT2D eigenvalue weighted by Crippen LogP contribution is -2.44. The van der Waals surface area contributed by atoms with Crippen molar-refractivity contribution in [1.29, 1.82) is 5.26 Å². The van der Waals surface area contributed by atoms with E-state index in [1.165, 1.54) is 0 Å². The fourth-order valence-corrected chi connectivity index (χ4v) is 3.72. The van der Waals surface area contributed by atoms with Gasteiger partial charge in [0, 0.05) is 11.5 Å². The topological polar surface area (TPSA) is 132 Å². The van der Waals surface area contributed by atoms with Gasteiger partial charge in [0.15, 0.2) is 0 Å². The Kier molecular flexibility index (Phi) is 7.46. The highest BCUT2D eigenvalue weighted by molar-refractivity contribution is 8.03. The number of allylic oxidation sites excluding steroid dienone is 1. The van der Waals surface area contributed by atoms with E-state index in [0.29, 0.717) is 17.9 Å². The van der Waals surface area contributed by atoms with Crippen molar-refractivity contribution in [2.45, 2.75) is 19.8 Å². The molecular formula is C19H21N3O5S. The van der Waals surface area contributed by atoms with Crippen molar-refractivity contribution in [2.75, 3.05) is 19.0 Å². The van der Waals surface area contributed by atoms with Crippen LogP contribution in [0.1, 0.15) is 25.3 Å². The first kappa shape index (κ1) is 21.3. The molecule has 0 aliphatic carbocycles. The average Bonchev–Trinajstić information content (AvgIpc) is 2.66. The molecule has 0 bridgehead atoms. The molecule has 3 N–H and O–H groups in total. The SMILES string of the molecule is CCOC(=O)[C@H]1C(=O)NC(SCC(N)=O)=C(C#N)[C@@H]1c1ccccc1OCC. The molecule has 0 unspecified atom stereocenters. The highest BCUT2D eigenvalue weighted by Gasteiger charge is 2.45. The Balaban J connectivity index is 2.64. The summed E-state index contributed by atoms with van der Waals surface area (Å²) in [5, 5.41) is 12.6. The first-order chi connectivity index (χ1) is 13.4. The number of amides is 2. The number of nitrogens with zero attached hydrogens (tertiary/aromatic N) is 1. The lowest BCUT2D eigenvalue weighted by atomic mass is 9.78. The minimum absolute atomic E-state index is 0.0946. The molecule has 2 atom stereocenters. The first-order valence-electron chi connectivity index (χ1n) is 8.69. The number of esters is 1. The largest absolute Gasteiger partial charge is 0.494 e. The number of rotatable bonds is 8. The van der Waals surface area contributed by atoms with E-state index in [9.17, 15) is 19.6 Å². The minimum atomic E-state index is -1.26.